The minimum atomic E-state index is -0.149. The monoisotopic (exact) mass is 256 g/mol. The van der Waals surface area contributed by atoms with E-state index in [0.29, 0.717) is 18.3 Å². The highest BCUT2D eigenvalue weighted by molar-refractivity contribution is 5.77. The number of nitrogens with zero attached hydrogens (tertiary/aromatic N) is 2. The first-order chi connectivity index (χ1) is 8.72. The first kappa shape index (κ1) is 14.6. The van der Waals surface area contributed by atoms with Crippen LogP contribution in [0.5, 0.6) is 0 Å². The lowest BCUT2D eigenvalue weighted by Crippen LogP contribution is -2.34. The van der Waals surface area contributed by atoms with Gasteiger partial charge in [0.2, 0.25) is 5.91 Å². The Morgan fingerprint density at radius 2 is 2.22 bits per heavy atom. The molecule has 0 aliphatic carbocycles. The molecule has 7 heteroatoms. The lowest BCUT2D eigenvalue weighted by molar-refractivity contribution is -0.126. The third-order valence-corrected chi connectivity index (χ3v) is 2.08. The molecule has 0 bridgehead atoms. The molecule has 102 valence electrons. The van der Waals surface area contributed by atoms with Crippen molar-refractivity contribution in [2.45, 2.75) is 26.9 Å². The maximum absolute atomic E-state index is 11.3. The maximum Gasteiger partial charge on any atom is 0.252 e. The molecule has 0 aromatic carbocycles. The number of aromatic nitrogens is 2. The molecule has 0 aliphatic heterocycles. The molecule has 2 N–H and O–H groups in total. The summed E-state index contributed by atoms with van der Waals surface area (Å²) in [5.41, 5.74) is 0. The van der Waals surface area contributed by atoms with Crippen LogP contribution in [0.1, 0.15) is 25.1 Å². The molecule has 1 aromatic heterocycles. The van der Waals surface area contributed by atoms with Crippen LogP contribution in [0, 0.1) is 6.92 Å². The number of nitrogens with one attached hydrogen (secondary N) is 2. The van der Waals surface area contributed by atoms with E-state index >= 15 is 0 Å². The molecule has 0 aliphatic rings. The highest BCUT2D eigenvalue weighted by atomic mass is 16.5. The Balaban J connectivity index is 2.00. The van der Waals surface area contributed by atoms with Gasteiger partial charge in [0.1, 0.15) is 13.2 Å². The summed E-state index contributed by atoms with van der Waals surface area (Å²) in [5, 5.41) is 9.54. The fraction of sp³-hybridized carbons (Fsp3) is 0.727. The van der Waals surface area contributed by atoms with E-state index in [9.17, 15) is 4.79 Å². The number of hydrogen-bond acceptors (Lipinski definition) is 6. The Labute approximate surface area is 106 Å². The minimum absolute atomic E-state index is 0.00476. The molecule has 0 saturated heterocycles. The van der Waals surface area contributed by atoms with E-state index in [0.717, 1.165) is 19.5 Å². The topological polar surface area (TPSA) is 89.3 Å². The van der Waals surface area contributed by atoms with Crippen LogP contribution in [0.25, 0.3) is 0 Å². The highest BCUT2D eigenvalue weighted by Crippen LogP contribution is 1.97. The molecular weight excluding hydrogens is 236 g/mol. The molecule has 0 spiro atoms. The van der Waals surface area contributed by atoms with E-state index in [1.807, 2.05) is 0 Å². The standard InChI is InChI=1S/C11H20N4O3/c1-3-4-12-5-6-13-10(16)7-17-8-11-14-9(2)15-18-11/h12H,3-8H2,1-2H3,(H,13,16). The first-order valence-electron chi connectivity index (χ1n) is 6.06. The van der Waals surface area contributed by atoms with Gasteiger partial charge in [0, 0.05) is 13.1 Å². The minimum Gasteiger partial charge on any atom is -0.362 e. The van der Waals surface area contributed by atoms with Gasteiger partial charge in [-0.3, -0.25) is 4.79 Å². The largest absolute Gasteiger partial charge is 0.362 e. The second kappa shape index (κ2) is 8.60. The normalized spacial score (nSPS) is 10.6. The molecule has 0 saturated carbocycles. The average molecular weight is 256 g/mol. The van der Waals surface area contributed by atoms with Crippen molar-refractivity contribution in [1.29, 1.82) is 0 Å². The van der Waals surface area contributed by atoms with Crippen molar-refractivity contribution in [3.8, 4) is 0 Å². The smallest absolute Gasteiger partial charge is 0.252 e. The molecule has 1 rings (SSSR count). The molecule has 0 radical (unpaired) electrons. The lowest BCUT2D eigenvalue weighted by Gasteiger charge is -2.05. The summed E-state index contributed by atoms with van der Waals surface area (Å²) in [7, 11) is 0. The van der Waals surface area contributed by atoms with Crippen LogP contribution in [0.3, 0.4) is 0 Å². The third kappa shape index (κ3) is 6.31. The molecular formula is C11H20N4O3. The van der Waals surface area contributed by atoms with Gasteiger partial charge in [-0.05, 0) is 19.9 Å². The van der Waals surface area contributed by atoms with Crippen molar-refractivity contribution >= 4 is 5.91 Å². The number of rotatable bonds is 9. The molecule has 0 atom stereocenters. The van der Waals surface area contributed by atoms with Crippen molar-refractivity contribution in [2.75, 3.05) is 26.2 Å². The van der Waals surface area contributed by atoms with Crippen LogP contribution in [0.2, 0.25) is 0 Å². The van der Waals surface area contributed by atoms with Gasteiger partial charge in [-0.2, -0.15) is 4.98 Å². The van der Waals surface area contributed by atoms with E-state index in [4.69, 9.17) is 9.26 Å². The van der Waals surface area contributed by atoms with E-state index in [1.165, 1.54) is 0 Å². The van der Waals surface area contributed by atoms with Gasteiger partial charge < -0.3 is 19.9 Å². The van der Waals surface area contributed by atoms with Crippen LogP contribution in [0.4, 0.5) is 0 Å². The van der Waals surface area contributed by atoms with E-state index < -0.39 is 0 Å². The van der Waals surface area contributed by atoms with Crippen molar-refractivity contribution in [2.24, 2.45) is 0 Å². The second-order valence-electron chi connectivity index (χ2n) is 3.83. The van der Waals surface area contributed by atoms with Crippen molar-refractivity contribution in [3.63, 3.8) is 0 Å². The van der Waals surface area contributed by atoms with Crippen molar-refractivity contribution in [1.82, 2.24) is 20.8 Å². The zero-order chi connectivity index (χ0) is 13.2. The fourth-order valence-electron chi connectivity index (χ4n) is 1.27. The molecule has 1 heterocycles. The van der Waals surface area contributed by atoms with Gasteiger partial charge in [-0.1, -0.05) is 12.1 Å². The summed E-state index contributed by atoms with van der Waals surface area (Å²) in [5.74, 6) is 0.787. The molecule has 7 nitrogen and oxygen atoms in total. The van der Waals surface area contributed by atoms with Crippen LogP contribution >= 0.6 is 0 Å². The van der Waals surface area contributed by atoms with Crippen molar-refractivity contribution in [3.05, 3.63) is 11.7 Å². The van der Waals surface area contributed by atoms with Gasteiger partial charge >= 0.3 is 0 Å². The van der Waals surface area contributed by atoms with Crippen LogP contribution in [-0.2, 0) is 16.1 Å². The first-order valence-corrected chi connectivity index (χ1v) is 6.06. The summed E-state index contributed by atoms with van der Waals surface area (Å²) >= 11 is 0. The van der Waals surface area contributed by atoms with Crippen molar-refractivity contribution < 1.29 is 14.1 Å². The van der Waals surface area contributed by atoms with Gasteiger partial charge in [0.15, 0.2) is 5.82 Å². The predicted molar refractivity (Wildman–Crippen MR) is 64.9 cm³/mol. The Bertz CT molecular complexity index is 354. The number of amides is 1. The molecule has 0 unspecified atom stereocenters. The predicted octanol–water partition coefficient (Wildman–Crippen LogP) is 0.0104. The quantitative estimate of drug-likeness (QED) is 0.605. The van der Waals surface area contributed by atoms with Crippen LogP contribution in [0.15, 0.2) is 4.52 Å². The number of aryl methyl sites for hydroxylation is 1. The highest BCUT2D eigenvalue weighted by Gasteiger charge is 2.05. The molecule has 1 aromatic rings. The lowest BCUT2D eigenvalue weighted by atomic mass is 10.4. The second-order valence-corrected chi connectivity index (χ2v) is 3.83. The molecule has 1 amide bonds. The summed E-state index contributed by atoms with van der Waals surface area (Å²) < 4.78 is 9.99. The number of carbonyl (C=O) groups excluding carboxylic acids is 1. The van der Waals surface area contributed by atoms with Crippen LogP contribution < -0.4 is 10.6 Å². The summed E-state index contributed by atoms with van der Waals surface area (Å²) in [6, 6.07) is 0. The van der Waals surface area contributed by atoms with Gasteiger partial charge in [-0.25, -0.2) is 0 Å². The summed E-state index contributed by atoms with van der Waals surface area (Å²) in [4.78, 5) is 15.3. The number of ether oxygens (including phenoxy) is 1. The SMILES string of the molecule is CCCNCCNC(=O)COCc1nc(C)no1. The van der Waals surface area contributed by atoms with Gasteiger partial charge in [0.25, 0.3) is 5.89 Å². The maximum atomic E-state index is 11.3. The number of hydrogen-bond donors (Lipinski definition) is 2. The van der Waals surface area contributed by atoms with E-state index in [-0.39, 0.29) is 19.1 Å². The Morgan fingerprint density at radius 3 is 2.89 bits per heavy atom. The fourth-order valence-corrected chi connectivity index (χ4v) is 1.27. The van der Waals surface area contributed by atoms with E-state index in [2.05, 4.69) is 27.7 Å². The van der Waals surface area contributed by atoms with E-state index in [1.54, 1.807) is 6.92 Å². The molecule has 0 fully saturated rings. The Hall–Kier alpha value is -1.47. The third-order valence-electron chi connectivity index (χ3n) is 2.08. The average Bonchev–Trinajstić information content (AvgIpc) is 2.75. The Kier molecular flexibility index (Phi) is 6.97. The van der Waals surface area contributed by atoms with Gasteiger partial charge in [0.05, 0.1) is 0 Å². The summed E-state index contributed by atoms with van der Waals surface area (Å²) in [6.07, 6.45) is 1.08. The zero-order valence-corrected chi connectivity index (χ0v) is 10.9. The summed E-state index contributed by atoms with van der Waals surface area (Å²) in [6.45, 7) is 6.30. The number of carbonyl (C=O) groups is 1. The molecule has 18 heavy (non-hydrogen) atoms. The van der Waals surface area contributed by atoms with Crippen LogP contribution in [-0.4, -0.2) is 42.3 Å². The van der Waals surface area contributed by atoms with Gasteiger partial charge in [-0.15, -0.1) is 0 Å². The zero-order valence-electron chi connectivity index (χ0n) is 10.9. The Morgan fingerprint density at radius 1 is 1.39 bits per heavy atom.